The lowest BCUT2D eigenvalue weighted by atomic mass is 10.5. The van der Waals surface area contributed by atoms with Gasteiger partial charge in [-0.2, -0.15) is 0 Å². The van der Waals surface area contributed by atoms with Crippen LogP contribution in [0.25, 0.3) is 0 Å². The second kappa shape index (κ2) is 4.54. The fourth-order valence-corrected chi connectivity index (χ4v) is 0.640. The zero-order valence-corrected chi connectivity index (χ0v) is 6.76. The van der Waals surface area contributed by atoms with Gasteiger partial charge in [-0.3, -0.25) is 5.41 Å². The highest BCUT2D eigenvalue weighted by molar-refractivity contribution is 5.82. The zero-order chi connectivity index (χ0) is 8.85. The molecule has 1 amide bonds. The van der Waals surface area contributed by atoms with Gasteiger partial charge in [0, 0.05) is 6.54 Å². The van der Waals surface area contributed by atoms with E-state index < -0.39 is 6.09 Å². The van der Waals surface area contributed by atoms with E-state index in [9.17, 15) is 4.79 Å². The van der Waals surface area contributed by atoms with Crippen molar-refractivity contribution in [2.45, 2.75) is 6.92 Å². The third kappa shape index (κ3) is 3.44. The summed E-state index contributed by atoms with van der Waals surface area (Å²) in [5.74, 6) is -0.0442. The third-order valence-corrected chi connectivity index (χ3v) is 1.18. The highest BCUT2D eigenvalue weighted by Crippen LogP contribution is 1.90. The average Bonchev–Trinajstić information content (AvgIpc) is 1.98. The Morgan fingerprint density at radius 1 is 1.73 bits per heavy atom. The molecule has 0 rings (SSSR count). The summed E-state index contributed by atoms with van der Waals surface area (Å²) in [6, 6.07) is 0. The normalized spacial score (nSPS) is 8.91. The molecule has 0 radical (unpaired) electrons. The van der Waals surface area contributed by atoms with Crippen molar-refractivity contribution in [1.29, 1.82) is 5.41 Å². The van der Waals surface area contributed by atoms with Crippen LogP contribution in [0.3, 0.4) is 0 Å². The van der Waals surface area contributed by atoms with Crippen molar-refractivity contribution in [3.8, 4) is 0 Å². The fourth-order valence-electron chi connectivity index (χ4n) is 0.640. The first-order valence-electron chi connectivity index (χ1n) is 3.27. The molecule has 5 heteroatoms. The second-order valence-corrected chi connectivity index (χ2v) is 2.01. The summed E-state index contributed by atoms with van der Waals surface area (Å²) in [6.07, 6.45) is -0.456. The molecule has 0 aromatic heterocycles. The number of carbonyl (C=O) groups excluding carboxylic acids is 1. The lowest BCUT2D eigenvalue weighted by Crippen LogP contribution is -2.37. The predicted octanol–water partition coefficient (Wildman–Crippen LogP) is 0.0107. The molecule has 0 heterocycles. The molecule has 0 saturated carbocycles. The van der Waals surface area contributed by atoms with Crippen LogP contribution in [0.5, 0.6) is 0 Å². The van der Waals surface area contributed by atoms with Crippen molar-refractivity contribution < 1.29 is 9.53 Å². The Kier molecular flexibility index (Phi) is 4.02. The summed E-state index contributed by atoms with van der Waals surface area (Å²) in [5, 5.41) is 6.92. The van der Waals surface area contributed by atoms with E-state index in [4.69, 9.17) is 11.1 Å². The molecular formula is C6H13N3O2. The number of carbonyl (C=O) groups is 1. The van der Waals surface area contributed by atoms with Gasteiger partial charge in [-0.25, -0.2) is 4.79 Å². The van der Waals surface area contributed by atoms with Crippen LogP contribution in [0, 0.1) is 5.41 Å². The van der Waals surface area contributed by atoms with E-state index in [1.807, 2.05) is 0 Å². The number of likely N-dealkylation sites (N-methyl/N-ethyl adjacent to an activating group) is 1. The molecule has 64 valence electrons. The van der Waals surface area contributed by atoms with Crippen LogP contribution in [-0.4, -0.2) is 37.0 Å². The third-order valence-electron chi connectivity index (χ3n) is 1.18. The Balaban J connectivity index is 3.94. The van der Waals surface area contributed by atoms with Gasteiger partial charge in [0.1, 0.15) is 5.84 Å². The number of nitrogens with zero attached hydrogens (tertiary/aromatic N) is 1. The fraction of sp³-hybridized carbons (Fsp3) is 0.667. The standard InChI is InChI=1S/C6H13N3O2/c1-3-9(4-5(7)8)6(10)11-2/h3-4H2,1-2H3,(H3,7,8). The summed E-state index contributed by atoms with van der Waals surface area (Å²) >= 11 is 0. The number of rotatable bonds is 3. The minimum absolute atomic E-state index is 0.0442. The number of nitrogens with one attached hydrogen (secondary N) is 1. The second-order valence-electron chi connectivity index (χ2n) is 2.01. The van der Waals surface area contributed by atoms with Crippen LogP contribution in [0.1, 0.15) is 6.92 Å². The van der Waals surface area contributed by atoms with Crippen LogP contribution in [0.2, 0.25) is 0 Å². The number of amides is 1. The summed E-state index contributed by atoms with van der Waals surface area (Å²) in [6.45, 7) is 2.41. The van der Waals surface area contributed by atoms with Gasteiger partial charge in [0.2, 0.25) is 0 Å². The molecule has 5 nitrogen and oxygen atoms in total. The number of nitrogens with two attached hydrogens (primary N) is 1. The number of hydrogen-bond acceptors (Lipinski definition) is 3. The summed E-state index contributed by atoms with van der Waals surface area (Å²) in [4.78, 5) is 12.2. The van der Waals surface area contributed by atoms with Gasteiger partial charge in [0.25, 0.3) is 0 Å². The Labute approximate surface area is 65.6 Å². The molecule has 0 aliphatic heterocycles. The first-order valence-corrected chi connectivity index (χ1v) is 3.27. The van der Waals surface area contributed by atoms with E-state index in [0.29, 0.717) is 6.54 Å². The maximum Gasteiger partial charge on any atom is 0.409 e. The van der Waals surface area contributed by atoms with Gasteiger partial charge in [-0.05, 0) is 6.92 Å². The van der Waals surface area contributed by atoms with Gasteiger partial charge in [0.15, 0.2) is 0 Å². The highest BCUT2D eigenvalue weighted by atomic mass is 16.5. The SMILES string of the molecule is CCN(CC(=N)N)C(=O)OC. The number of methoxy groups -OCH3 is 1. The predicted molar refractivity (Wildman–Crippen MR) is 41.6 cm³/mol. The van der Waals surface area contributed by atoms with Gasteiger partial charge < -0.3 is 15.4 Å². The molecule has 0 aliphatic carbocycles. The number of ether oxygens (including phenoxy) is 1. The first kappa shape index (κ1) is 9.74. The van der Waals surface area contributed by atoms with Gasteiger partial charge >= 0.3 is 6.09 Å². The lowest BCUT2D eigenvalue weighted by molar-refractivity contribution is 0.131. The van der Waals surface area contributed by atoms with Crippen LogP contribution in [-0.2, 0) is 4.74 Å². The smallest absolute Gasteiger partial charge is 0.409 e. The molecule has 0 unspecified atom stereocenters. The van der Waals surface area contributed by atoms with Crippen molar-refractivity contribution >= 4 is 11.9 Å². The van der Waals surface area contributed by atoms with Crippen molar-refractivity contribution in [3.63, 3.8) is 0 Å². The molecule has 0 fully saturated rings. The van der Waals surface area contributed by atoms with Crippen molar-refractivity contribution in [1.82, 2.24) is 4.90 Å². The largest absolute Gasteiger partial charge is 0.453 e. The van der Waals surface area contributed by atoms with Crippen LogP contribution >= 0.6 is 0 Å². The summed E-state index contributed by atoms with van der Waals surface area (Å²) in [5.41, 5.74) is 5.10. The Bertz CT molecular complexity index is 158. The minimum Gasteiger partial charge on any atom is -0.453 e. The Morgan fingerprint density at radius 2 is 2.27 bits per heavy atom. The van der Waals surface area contributed by atoms with E-state index in [-0.39, 0.29) is 12.4 Å². The van der Waals surface area contributed by atoms with Crippen LogP contribution < -0.4 is 5.73 Å². The van der Waals surface area contributed by atoms with E-state index in [1.165, 1.54) is 12.0 Å². The minimum atomic E-state index is -0.456. The van der Waals surface area contributed by atoms with Gasteiger partial charge in [-0.15, -0.1) is 0 Å². The van der Waals surface area contributed by atoms with Gasteiger partial charge in [0.05, 0.1) is 13.7 Å². The maximum atomic E-state index is 10.8. The molecule has 11 heavy (non-hydrogen) atoms. The Hall–Kier alpha value is -1.26. The quantitative estimate of drug-likeness (QED) is 0.449. The molecule has 3 N–H and O–H groups in total. The summed E-state index contributed by atoms with van der Waals surface area (Å²) in [7, 11) is 1.30. The Morgan fingerprint density at radius 3 is 2.55 bits per heavy atom. The van der Waals surface area contributed by atoms with Crippen LogP contribution in [0.15, 0.2) is 0 Å². The monoisotopic (exact) mass is 159 g/mol. The van der Waals surface area contributed by atoms with E-state index >= 15 is 0 Å². The van der Waals surface area contributed by atoms with Crippen molar-refractivity contribution in [2.24, 2.45) is 5.73 Å². The molecular weight excluding hydrogens is 146 g/mol. The average molecular weight is 159 g/mol. The van der Waals surface area contributed by atoms with E-state index in [1.54, 1.807) is 6.92 Å². The molecule has 0 aromatic carbocycles. The molecule has 0 aliphatic rings. The topological polar surface area (TPSA) is 79.4 Å². The van der Waals surface area contributed by atoms with E-state index in [0.717, 1.165) is 0 Å². The zero-order valence-electron chi connectivity index (χ0n) is 6.76. The van der Waals surface area contributed by atoms with Gasteiger partial charge in [-0.1, -0.05) is 0 Å². The molecule has 0 aromatic rings. The van der Waals surface area contributed by atoms with Crippen molar-refractivity contribution in [2.75, 3.05) is 20.2 Å². The molecule has 0 spiro atoms. The molecule has 0 atom stereocenters. The number of hydrogen-bond donors (Lipinski definition) is 2. The highest BCUT2D eigenvalue weighted by Gasteiger charge is 2.11. The number of amidine groups is 1. The van der Waals surface area contributed by atoms with Crippen molar-refractivity contribution in [3.05, 3.63) is 0 Å². The van der Waals surface area contributed by atoms with Crippen LogP contribution in [0.4, 0.5) is 4.79 Å². The maximum absolute atomic E-state index is 10.8. The lowest BCUT2D eigenvalue weighted by Gasteiger charge is -2.17. The molecule has 0 bridgehead atoms. The summed E-state index contributed by atoms with van der Waals surface area (Å²) < 4.78 is 4.44. The molecule has 0 saturated heterocycles. The van der Waals surface area contributed by atoms with E-state index in [2.05, 4.69) is 4.74 Å². The first-order chi connectivity index (χ1) is 5.11.